The number of amides is 2. The number of hydrogen-bond acceptors (Lipinski definition) is 5. The first kappa shape index (κ1) is 25.2. The topological polar surface area (TPSA) is 105 Å². The lowest BCUT2D eigenvalue weighted by atomic mass is 9.98. The maximum absolute atomic E-state index is 12.6. The minimum absolute atomic E-state index is 0.0326. The molecule has 2 aromatic carbocycles. The van der Waals surface area contributed by atoms with Gasteiger partial charge in [0.1, 0.15) is 6.61 Å². The molecule has 8 nitrogen and oxygen atoms in total. The van der Waals surface area contributed by atoms with E-state index in [0.29, 0.717) is 13.2 Å². The van der Waals surface area contributed by atoms with E-state index in [2.05, 4.69) is 29.6 Å². The van der Waals surface area contributed by atoms with Crippen LogP contribution >= 0.6 is 0 Å². The summed E-state index contributed by atoms with van der Waals surface area (Å²) in [4.78, 5) is 37.3. The number of aliphatic carboxylic acids is 1. The summed E-state index contributed by atoms with van der Waals surface area (Å²) >= 11 is 0. The van der Waals surface area contributed by atoms with Gasteiger partial charge in [0, 0.05) is 32.2 Å². The summed E-state index contributed by atoms with van der Waals surface area (Å²) in [6.45, 7) is 4.86. The van der Waals surface area contributed by atoms with Crippen LogP contribution in [0.2, 0.25) is 0 Å². The monoisotopic (exact) mass is 468 g/mol. The Hall–Kier alpha value is -3.39. The highest BCUT2D eigenvalue weighted by Crippen LogP contribution is 2.44. The van der Waals surface area contributed by atoms with E-state index in [4.69, 9.17) is 14.6 Å². The van der Waals surface area contributed by atoms with Gasteiger partial charge in [0.15, 0.2) is 0 Å². The smallest absolute Gasteiger partial charge is 0.407 e. The van der Waals surface area contributed by atoms with Crippen LogP contribution in [-0.2, 0) is 19.1 Å². The molecule has 0 heterocycles. The summed E-state index contributed by atoms with van der Waals surface area (Å²) in [5.74, 6) is -1.20. The fourth-order valence-corrected chi connectivity index (χ4v) is 4.29. The van der Waals surface area contributed by atoms with Gasteiger partial charge in [-0.3, -0.25) is 9.59 Å². The quantitative estimate of drug-likeness (QED) is 0.493. The van der Waals surface area contributed by atoms with Gasteiger partial charge in [-0.05, 0) is 36.1 Å². The Morgan fingerprint density at radius 2 is 1.65 bits per heavy atom. The van der Waals surface area contributed by atoms with Gasteiger partial charge in [-0.25, -0.2) is 4.79 Å². The first-order valence-electron chi connectivity index (χ1n) is 11.6. The van der Waals surface area contributed by atoms with E-state index in [1.54, 1.807) is 6.92 Å². The Labute approximate surface area is 199 Å². The van der Waals surface area contributed by atoms with Gasteiger partial charge in [-0.15, -0.1) is 0 Å². The van der Waals surface area contributed by atoms with E-state index in [-0.39, 0.29) is 44.4 Å². The van der Waals surface area contributed by atoms with Gasteiger partial charge in [-0.1, -0.05) is 48.5 Å². The second-order valence-electron chi connectivity index (χ2n) is 8.11. The fraction of sp³-hybridized carbons (Fsp3) is 0.423. The van der Waals surface area contributed by atoms with E-state index < -0.39 is 18.2 Å². The fourth-order valence-electron chi connectivity index (χ4n) is 4.29. The Morgan fingerprint density at radius 1 is 1.03 bits per heavy atom. The van der Waals surface area contributed by atoms with E-state index in [1.165, 1.54) is 4.90 Å². The van der Waals surface area contributed by atoms with Crippen LogP contribution < -0.4 is 5.32 Å². The van der Waals surface area contributed by atoms with E-state index in [1.807, 2.05) is 31.2 Å². The Balaban J connectivity index is 1.53. The van der Waals surface area contributed by atoms with Crippen molar-refractivity contribution in [3.63, 3.8) is 0 Å². The predicted octanol–water partition coefficient (Wildman–Crippen LogP) is 3.64. The number of hydrogen-bond donors (Lipinski definition) is 2. The molecule has 182 valence electrons. The van der Waals surface area contributed by atoms with Crippen molar-refractivity contribution in [1.29, 1.82) is 0 Å². The van der Waals surface area contributed by atoms with Crippen LogP contribution in [0.15, 0.2) is 48.5 Å². The van der Waals surface area contributed by atoms with Gasteiger partial charge in [0.05, 0.1) is 18.9 Å². The molecule has 0 bridgehead atoms. The molecule has 0 aliphatic heterocycles. The Kier molecular flexibility index (Phi) is 9.04. The molecule has 0 fully saturated rings. The standard InChI is InChI=1S/C26H32N2O6/c1-3-28(14-13-25(30)31)24(29)15-18(33-4-2)16-27-26(32)34-17-23-21-11-7-5-9-19(21)20-10-6-8-12-22(20)23/h5-12,18,23H,3-4,13-17H2,1-2H3,(H,27,32)(H,30,31). The highest BCUT2D eigenvalue weighted by Gasteiger charge is 2.29. The van der Waals surface area contributed by atoms with Crippen LogP contribution in [0.1, 0.15) is 43.7 Å². The highest BCUT2D eigenvalue weighted by atomic mass is 16.5. The van der Waals surface area contributed by atoms with Gasteiger partial charge in [-0.2, -0.15) is 0 Å². The molecule has 1 aliphatic rings. The van der Waals surface area contributed by atoms with Gasteiger partial charge >= 0.3 is 12.1 Å². The van der Waals surface area contributed by atoms with Crippen LogP contribution in [0.4, 0.5) is 4.79 Å². The number of rotatable bonds is 12. The summed E-state index contributed by atoms with van der Waals surface area (Å²) in [6.07, 6.45) is -1.17. The third kappa shape index (κ3) is 6.35. The van der Waals surface area contributed by atoms with Gasteiger partial charge in [0.2, 0.25) is 5.91 Å². The van der Waals surface area contributed by atoms with Crippen LogP contribution in [0.3, 0.4) is 0 Å². The number of carboxylic acids is 1. The highest BCUT2D eigenvalue weighted by molar-refractivity contribution is 5.79. The lowest BCUT2D eigenvalue weighted by Crippen LogP contribution is -2.40. The van der Waals surface area contributed by atoms with Crippen LogP contribution in [0.25, 0.3) is 11.1 Å². The largest absolute Gasteiger partial charge is 0.481 e. The molecular weight excluding hydrogens is 436 g/mol. The number of fused-ring (bicyclic) bond motifs is 3. The zero-order valence-corrected chi connectivity index (χ0v) is 19.7. The number of alkyl carbamates (subject to hydrolysis) is 1. The summed E-state index contributed by atoms with van der Waals surface area (Å²) in [5.41, 5.74) is 4.58. The lowest BCUT2D eigenvalue weighted by molar-refractivity contribution is -0.139. The average Bonchev–Trinajstić information content (AvgIpc) is 3.15. The molecule has 1 unspecified atom stereocenters. The van der Waals surface area contributed by atoms with E-state index >= 15 is 0 Å². The van der Waals surface area contributed by atoms with Crippen LogP contribution in [0, 0.1) is 0 Å². The molecule has 0 saturated carbocycles. The van der Waals surface area contributed by atoms with Crippen molar-refractivity contribution in [2.45, 2.75) is 38.7 Å². The van der Waals surface area contributed by atoms with Crippen molar-refractivity contribution >= 4 is 18.0 Å². The second-order valence-corrected chi connectivity index (χ2v) is 8.11. The summed E-state index contributed by atoms with van der Waals surface area (Å²) in [7, 11) is 0. The first-order valence-corrected chi connectivity index (χ1v) is 11.6. The summed E-state index contributed by atoms with van der Waals surface area (Å²) in [6, 6.07) is 16.2. The van der Waals surface area contributed by atoms with Gasteiger partial charge < -0.3 is 24.8 Å². The number of ether oxygens (including phenoxy) is 2. The van der Waals surface area contributed by atoms with E-state index in [9.17, 15) is 14.4 Å². The molecule has 1 aliphatic carbocycles. The lowest BCUT2D eigenvalue weighted by Gasteiger charge is -2.24. The molecule has 3 rings (SSSR count). The molecule has 0 aromatic heterocycles. The van der Waals surface area contributed by atoms with E-state index in [0.717, 1.165) is 22.3 Å². The molecule has 0 spiro atoms. The zero-order chi connectivity index (χ0) is 24.5. The van der Waals surface area contributed by atoms with Crippen molar-refractivity contribution in [2.75, 3.05) is 32.8 Å². The summed E-state index contributed by atoms with van der Waals surface area (Å²) < 4.78 is 11.2. The van der Waals surface area contributed by atoms with Crippen LogP contribution in [0.5, 0.6) is 0 Å². The molecular formula is C26H32N2O6. The summed E-state index contributed by atoms with van der Waals surface area (Å²) in [5, 5.41) is 11.6. The molecule has 0 radical (unpaired) electrons. The number of benzene rings is 2. The molecule has 2 amide bonds. The Morgan fingerprint density at radius 3 is 2.21 bits per heavy atom. The SMILES string of the molecule is CCOC(CNC(=O)OCC1c2ccccc2-c2ccccc21)CC(=O)N(CC)CCC(=O)O. The maximum Gasteiger partial charge on any atom is 0.407 e. The number of nitrogens with one attached hydrogen (secondary N) is 1. The van der Waals surface area contributed by atoms with Crippen molar-refractivity contribution in [2.24, 2.45) is 0 Å². The average molecular weight is 469 g/mol. The van der Waals surface area contributed by atoms with Crippen LogP contribution in [-0.4, -0.2) is 66.9 Å². The predicted molar refractivity (Wildman–Crippen MR) is 128 cm³/mol. The van der Waals surface area contributed by atoms with Crippen molar-refractivity contribution in [1.82, 2.24) is 10.2 Å². The molecule has 34 heavy (non-hydrogen) atoms. The second kappa shape index (κ2) is 12.2. The maximum atomic E-state index is 12.6. The zero-order valence-electron chi connectivity index (χ0n) is 19.7. The third-order valence-electron chi connectivity index (χ3n) is 5.95. The van der Waals surface area contributed by atoms with Crippen molar-refractivity contribution in [3.05, 3.63) is 59.7 Å². The molecule has 0 saturated heterocycles. The number of nitrogens with zero attached hydrogens (tertiary/aromatic N) is 1. The number of carboxylic acid groups (broad SMARTS) is 1. The molecule has 1 atom stereocenters. The molecule has 8 heteroatoms. The van der Waals surface area contributed by atoms with Crippen molar-refractivity contribution < 1.29 is 29.0 Å². The molecule has 2 N–H and O–H groups in total. The first-order chi connectivity index (χ1) is 16.4. The third-order valence-corrected chi connectivity index (χ3v) is 5.95. The number of carbonyl (C=O) groups excluding carboxylic acids is 2. The number of carbonyl (C=O) groups is 3. The van der Waals surface area contributed by atoms with Crippen molar-refractivity contribution in [3.8, 4) is 11.1 Å². The van der Waals surface area contributed by atoms with Gasteiger partial charge in [0.25, 0.3) is 0 Å². The minimum Gasteiger partial charge on any atom is -0.481 e. The Bertz CT molecular complexity index is 963. The molecule has 2 aromatic rings. The normalized spacial score (nSPS) is 13.0. The minimum atomic E-state index is -0.954.